The van der Waals surface area contributed by atoms with Gasteiger partial charge in [0, 0.05) is 15.8 Å². The highest BCUT2D eigenvalue weighted by Crippen LogP contribution is 2.29. The fraction of sp³-hybridized carbons (Fsp3) is 0.217. The number of aryl methyl sites for hydroxylation is 3. The quantitative estimate of drug-likeness (QED) is 0.333. The summed E-state index contributed by atoms with van der Waals surface area (Å²) < 4.78 is 2.56. The van der Waals surface area contributed by atoms with Gasteiger partial charge in [0.15, 0.2) is 10.8 Å². The van der Waals surface area contributed by atoms with Gasteiger partial charge in [0.2, 0.25) is 0 Å². The highest BCUT2D eigenvalue weighted by Gasteiger charge is 2.20. The summed E-state index contributed by atoms with van der Waals surface area (Å²) in [6.45, 7) is 7.80. The molecule has 4 aromatic rings. The van der Waals surface area contributed by atoms with Crippen molar-refractivity contribution in [3.63, 3.8) is 0 Å². The van der Waals surface area contributed by atoms with E-state index >= 15 is 0 Å². The number of anilines is 1. The lowest BCUT2D eigenvalue weighted by Crippen LogP contribution is -2.14. The molecule has 0 saturated heterocycles. The molecule has 1 N–H and O–H groups in total. The van der Waals surface area contributed by atoms with Crippen molar-refractivity contribution in [2.75, 3.05) is 5.32 Å². The molecule has 0 aliphatic carbocycles. The Kier molecular flexibility index (Phi) is 6.46. The van der Waals surface area contributed by atoms with Gasteiger partial charge < -0.3 is 0 Å². The standard InChI is InChI=1S/C23H21BrClN5OS/c1-12-5-6-13(2)19(9-12)30-15(4)21(28-29-30)22(31)27-23-26-14(3)20(32-23)11-16-7-8-17(24)18(25)10-16/h5-10H,11H2,1-4H3,(H,26,27,31). The van der Waals surface area contributed by atoms with Crippen LogP contribution in [0.15, 0.2) is 40.9 Å². The van der Waals surface area contributed by atoms with Gasteiger partial charge in [-0.1, -0.05) is 35.0 Å². The van der Waals surface area contributed by atoms with Crippen LogP contribution in [0, 0.1) is 27.7 Å². The Balaban J connectivity index is 1.54. The van der Waals surface area contributed by atoms with Gasteiger partial charge in [0.1, 0.15) is 0 Å². The molecule has 0 fully saturated rings. The number of aromatic nitrogens is 4. The van der Waals surface area contributed by atoms with Crippen LogP contribution in [0.4, 0.5) is 5.13 Å². The molecule has 6 nitrogen and oxygen atoms in total. The van der Waals surface area contributed by atoms with Crippen LogP contribution in [0.1, 0.15) is 43.4 Å². The zero-order valence-electron chi connectivity index (χ0n) is 18.0. The van der Waals surface area contributed by atoms with E-state index in [1.165, 1.54) is 11.3 Å². The molecule has 9 heteroatoms. The predicted molar refractivity (Wildman–Crippen MR) is 132 cm³/mol. The maximum absolute atomic E-state index is 12.9. The van der Waals surface area contributed by atoms with Crippen LogP contribution in [0.5, 0.6) is 0 Å². The molecule has 2 aromatic carbocycles. The van der Waals surface area contributed by atoms with Crippen molar-refractivity contribution in [1.82, 2.24) is 20.0 Å². The summed E-state index contributed by atoms with van der Waals surface area (Å²) in [6.07, 6.45) is 0.689. The molecule has 1 amide bonds. The maximum Gasteiger partial charge on any atom is 0.279 e. The topological polar surface area (TPSA) is 72.7 Å². The molecule has 164 valence electrons. The van der Waals surface area contributed by atoms with Crippen LogP contribution in [0.3, 0.4) is 0 Å². The molecule has 0 spiro atoms. The SMILES string of the molecule is Cc1ccc(C)c(-n2nnc(C(=O)Nc3nc(C)c(Cc4ccc(Br)c(Cl)c4)s3)c2C)c1. The Labute approximate surface area is 203 Å². The number of hydrogen-bond acceptors (Lipinski definition) is 5. The molecule has 32 heavy (non-hydrogen) atoms. The van der Waals surface area contributed by atoms with Crippen LogP contribution in [0.2, 0.25) is 5.02 Å². The zero-order chi connectivity index (χ0) is 23.0. The van der Waals surface area contributed by atoms with Crippen LogP contribution >= 0.6 is 38.9 Å². The van der Waals surface area contributed by atoms with E-state index in [0.29, 0.717) is 22.3 Å². The lowest BCUT2D eigenvalue weighted by molar-refractivity contribution is 0.102. The Morgan fingerprint density at radius 3 is 2.69 bits per heavy atom. The third-order valence-electron chi connectivity index (χ3n) is 5.16. The number of thiazole rings is 1. The fourth-order valence-electron chi connectivity index (χ4n) is 3.35. The number of carbonyl (C=O) groups is 1. The summed E-state index contributed by atoms with van der Waals surface area (Å²) >= 11 is 11.1. The van der Waals surface area contributed by atoms with Crippen LogP contribution in [-0.4, -0.2) is 25.9 Å². The molecule has 0 atom stereocenters. The number of amides is 1. The summed E-state index contributed by atoms with van der Waals surface area (Å²) in [7, 11) is 0. The second kappa shape index (κ2) is 9.13. The van der Waals surface area contributed by atoms with E-state index in [1.54, 1.807) is 4.68 Å². The highest BCUT2D eigenvalue weighted by atomic mass is 79.9. The van der Waals surface area contributed by atoms with Gasteiger partial charge in [-0.15, -0.1) is 16.4 Å². The fourth-order valence-corrected chi connectivity index (χ4v) is 4.79. The van der Waals surface area contributed by atoms with E-state index in [1.807, 2.05) is 64.1 Å². The Morgan fingerprint density at radius 1 is 1.16 bits per heavy atom. The molecule has 0 radical (unpaired) electrons. The number of benzene rings is 2. The summed E-state index contributed by atoms with van der Waals surface area (Å²) in [5.74, 6) is -0.328. The molecule has 0 aliphatic rings. The van der Waals surface area contributed by atoms with E-state index < -0.39 is 0 Å². The highest BCUT2D eigenvalue weighted by molar-refractivity contribution is 9.10. The summed E-state index contributed by atoms with van der Waals surface area (Å²) in [6, 6.07) is 12.0. The molecule has 0 saturated carbocycles. The normalized spacial score (nSPS) is 11.1. The third kappa shape index (κ3) is 4.62. The maximum atomic E-state index is 12.9. The number of halogens is 2. The summed E-state index contributed by atoms with van der Waals surface area (Å²) in [4.78, 5) is 18.5. The molecule has 4 rings (SSSR count). The van der Waals surface area contributed by atoms with Gasteiger partial charge >= 0.3 is 0 Å². The average molecular weight is 531 g/mol. The van der Waals surface area contributed by atoms with Crippen molar-refractivity contribution < 1.29 is 4.79 Å². The average Bonchev–Trinajstić information content (AvgIpc) is 3.28. The first-order chi connectivity index (χ1) is 15.2. The minimum absolute atomic E-state index is 0.278. The number of rotatable bonds is 5. The predicted octanol–water partition coefficient (Wildman–Crippen LogP) is 6.22. The Bertz CT molecular complexity index is 1330. The smallest absolute Gasteiger partial charge is 0.279 e. The van der Waals surface area contributed by atoms with Crippen molar-refractivity contribution in [2.45, 2.75) is 34.1 Å². The molecule has 2 aromatic heterocycles. The van der Waals surface area contributed by atoms with Crippen molar-refractivity contribution in [3.8, 4) is 5.69 Å². The van der Waals surface area contributed by atoms with E-state index in [4.69, 9.17) is 11.6 Å². The lowest BCUT2D eigenvalue weighted by atomic mass is 10.1. The zero-order valence-corrected chi connectivity index (χ0v) is 21.2. The van der Waals surface area contributed by atoms with Crippen molar-refractivity contribution >= 4 is 49.9 Å². The second-order valence-electron chi connectivity index (χ2n) is 7.63. The lowest BCUT2D eigenvalue weighted by Gasteiger charge is -2.08. The van der Waals surface area contributed by atoms with Crippen molar-refractivity contribution in [2.24, 2.45) is 0 Å². The number of nitrogens with zero attached hydrogens (tertiary/aromatic N) is 4. The third-order valence-corrected chi connectivity index (χ3v) is 7.47. The molecule has 0 aliphatic heterocycles. The first kappa shape index (κ1) is 22.6. The second-order valence-corrected chi connectivity index (χ2v) is 9.98. The molecular formula is C23H21BrClN5OS. The Morgan fingerprint density at radius 2 is 1.94 bits per heavy atom. The van der Waals surface area contributed by atoms with E-state index in [9.17, 15) is 4.79 Å². The first-order valence-corrected chi connectivity index (χ1v) is 11.9. The minimum atomic E-state index is -0.328. The summed E-state index contributed by atoms with van der Waals surface area (Å²) in [5.41, 5.74) is 5.99. The van der Waals surface area contributed by atoms with Gasteiger partial charge in [-0.25, -0.2) is 9.67 Å². The molecule has 0 unspecified atom stereocenters. The van der Waals surface area contributed by atoms with Gasteiger partial charge in [-0.05, 0) is 78.5 Å². The van der Waals surface area contributed by atoms with E-state index in [-0.39, 0.29) is 11.6 Å². The van der Waals surface area contributed by atoms with Gasteiger partial charge in [-0.2, -0.15) is 0 Å². The van der Waals surface area contributed by atoms with Gasteiger partial charge in [-0.3, -0.25) is 10.1 Å². The van der Waals surface area contributed by atoms with Gasteiger partial charge in [0.05, 0.1) is 22.1 Å². The molecular weight excluding hydrogens is 510 g/mol. The molecule has 2 heterocycles. The number of nitrogens with one attached hydrogen (secondary N) is 1. The first-order valence-electron chi connectivity index (χ1n) is 9.94. The number of hydrogen-bond donors (Lipinski definition) is 1. The largest absolute Gasteiger partial charge is 0.296 e. The summed E-state index contributed by atoms with van der Waals surface area (Å²) in [5, 5.41) is 12.4. The van der Waals surface area contributed by atoms with Crippen LogP contribution in [-0.2, 0) is 6.42 Å². The minimum Gasteiger partial charge on any atom is -0.296 e. The molecule has 0 bridgehead atoms. The Hall–Kier alpha value is -2.55. The van der Waals surface area contributed by atoms with Crippen molar-refractivity contribution in [3.05, 3.63) is 84.5 Å². The van der Waals surface area contributed by atoms with Crippen LogP contribution < -0.4 is 5.32 Å². The van der Waals surface area contributed by atoms with E-state index in [2.05, 4.69) is 36.5 Å². The number of carbonyl (C=O) groups excluding carboxylic acids is 1. The monoisotopic (exact) mass is 529 g/mol. The van der Waals surface area contributed by atoms with Gasteiger partial charge in [0.25, 0.3) is 5.91 Å². The van der Waals surface area contributed by atoms with Crippen molar-refractivity contribution in [1.29, 1.82) is 0 Å². The van der Waals surface area contributed by atoms with E-state index in [0.717, 1.165) is 37.4 Å². The van der Waals surface area contributed by atoms with Crippen LogP contribution in [0.25, 0.3) is 5.69 Å².